The van der Waals surface area contributed by atoms with E-state index in [2.05, 4.69) is 44.2 Å². The standard InChI is InChI=1S/C18H18N2/c1-12(2)13-6-8-18-15(10-13)7-9-17(20-18)14-4-3-5-16(19)11-14/h3-12H,19H2,1-2H3. The summed E-state index contributed by atoms with van der Waals surface area (Å²) in [7, 11) is 0. The predicted octanol–water partition coefficient (Wildman–Crippen LogP) is 4.61. The molecule has 0 atom stereocenters. The monoisotopic (exact) mass is 262 g/mol. The number of pyridine rings is 1. The van der Waals surface area contributed by atoms with Crippen molar-refractivity contribution >= 4 is 16.6 Å². The third-order valence-electron chi connectivity index (χ3n) is 3.56. The molecule has 0 fully saturated rings. The Morgan fingerprint density at radius 2 is 1.80 bits per heavy atom. The molecule has 0 unspecified atom stereocenters. The minimum absolute atomic E-state index is 0.535. The normalized spacial score (nSPS) is 11.2. The lowest BCUT2D eigenvalue weighted by Crippen LogP contribution is -1.90. The van der Waals surface area contributed by atoms with Crippen molar-refractivity contribution in [3.63, 3.8) is 0 Å². The van der Waals surface area contributed by atoms with E-state index in [0.29, 0.717) is 5.92 Å². The first kappa shape index (κ1) is 12.7. The molecule has 0 spiro atoms. The fourth-order valence-corrected chi connectivity index (χ4v) is 2.36. The van der Waals surface area contributed by atoms with Gasteiger partial charge in [-0.25, -0.2) is 4.98 Å². The van der Waals surface area contributed by atoms with Crippen LogP contribution in [-0.2, 0) is 0 Å². The van der Waals surface area contributed by atoms with E-state index >= 15 is 0 Å². The summed E-state index contributed by atoms with van der Waals surface area (Å²) in [6.07, 6.45) is 0. The topological polar surface area (TPSA) is 38.9 Å². The van der Waals surface area contributed by atoms with Crippen molar-refractivity contribution in [2.45, 2.75) is 19.8 Å². The molecule has 100 valence electrons. The quantitative estimate of drug-likeness (QED) is 0.685. The summed E-state index contributed by atoms with van der Waals surface area (Å²) in [6.45, 7) is 4.41. The van der Waals surface area contributed by atoms with Crippen LogP contribution in [0.5, 0.6) is 0 Å². The summed E-state index contributed by atoms with van der Waals surface area (Å²) in [5.41, 5.74) is 11.0. The van der Waals surface area contributed by atoms with E-state index in [4.69, 9.17) is 10.7 Å². The molecule has 2 N–H and O–H groups in total. The summed E-state index contributed by atoms with van der Waals surface area (Å²) in [5.74, 6) is 0.535. The van der Waals surface area contributed by atoms with Gasteiger partial charge in [0, 0.05) is 16.6 Å². The van der Waals surface area contributed by atoms with Gasteiger partial charge in [0.05, 0.1) is 11.2 Å². The highest BCUT2D eigenvalue weighted by molar-refractivity contribution is 5.82. The van der Waals surface area contributed by atoms with Gasteiger partial charge < -0.3 is 5.73 Å². The average molecular weight is 262 g/mol. The first-order valence-corrected chi connectivity index (χ1v) is 6.90. The molecule has 2 heteroatoms. The maximum absolute atomic E-state index is 5.83. The Morgan fingerprint density at radius 1 is 0.950 bits per heavy atom. The van der Waals surface area contributed by atoms with Crippen LogP contribution >= 0.6 is 0 Å². The van der Waals surface area contributed by atoms with Gasteiger partial charge in [0.15, 0.2) is 0 Å². The molecule has 1 heterocycles. The van der Waals surface area contributed by atoms with Crippen LogP contribution in [0.25, 0.3) is 22.2 Å². The molecule has 1 aromatic heterocycles. The Hall–Kier alpha value is -2.35. The number of rotatable bonds is 2. The fourth-order valence-electron chi connectivity index (χ4n) is 2.36. The number of fused-ring (bicyclic) bond motifs is 1. The molecule has 0 saturated carbocycles. The molecule has 2 aromatic carbocycles. The number of aromatic nitrogens is 1. The molecule has 3 aromatic rings. The van der Waals surface area contributed by atoms with E-state index in [-0.39, 0.29) is 0 Å². The first-order valence-electron chi connectivity index (χ1n) is 6.90. The molecule has 2 nitrogen and oxygen atoms in total. The van der Waals surface area contributed by atoms with Gasteiger partial charge in [-0.3, -0.25) is 0 Å². The summed E-state index contributed by atoms with van der Waals surface area (Å²) < 4.78 is 0. The number of hydrogen-bond acceptors (Lipinski definition) is 2. The lowest BCUT2D eigenvalue weighted by molar-refractivity contribution is 0.868. The Labute approximate surface area is 119 Å². The third-order valence-corrected chi connectivity index (χ3v) is 3.56. The second-order valence-corrected chi connectivity index (χ2v) is 5.43. The van der Waals surface area contributed by atoms with Gasteiger partial charge in [0.25, 0.3) is 0 Å². The second-order valence-electron chi connectivity index (χ2n) is 5.43. The van der Waals surface area contributed by atoms with Crippen LogP contribution < -0.4 is 5.73 Å². The lowest BCUT2D eigenvalue weighted by atomic mass is 10.0. The number of nitrogens with two attached hydrogens (primary N) is 1. The maximum Gasteiger partial charge on any atom is 0.0710 e. The lowest BCUT2D eigenvalue weighted by Gasteiger charge is -2.08. The Kier molecular flexibility index (Phi) is 3.15. The summed E-state index contributed by atoms with van der Waals surface area (Å²) >= 11 is 0. The zero-order valence-corrected chi connectivity index (χ0v) is 11.8. The Balaban J connectivity index is 2.09. The number of nitrogens with zero attached hydrogens (tertiary/aromatic N) is 1. The minimum Gasteiger partial charge on any atom is -0.399 e. The summed E-state index contributed by atoms with van der Waals surface area (Å²) in [6, 6.07) is 18.5. The molecule has 0 aliphatic heterocycles. The number of anilines is 1. The van der Waals surface area contributed by atoms with Gasteiger partial charge in [0.2, 0.25) is 0 Å². The van der Waals surface area contributed by atoms with Crippen molar-refractivity contribution in [2.24, 2.45) is 0 Å². The van der Waals surface area contributed by atoms with Crippen LogP contribution in [-0.4, -0.2) is 4.98 Å². The SMILES string of the molecule is CC(C)c1ccc2nc(-c3cccc(N)c3)ccc2c1. The van der Waals surface area contributed by atoms with Crippen LogP contribution in [0.2, 0.25) is 0 Å². The molecule has 0 saturated heterocycles. The van der Waals surface area contributed by atoms with Gasteiger partial charge in [-0.2, -0.15) is 0 Å². The number of nitrogen functional groups attached to an aromatic ring is 1. The smallest absolute Gasteiger partial charge is 0.0710 e. The van der Waals surface area contributed by atoms with Crippen molar-refractivity contribution in [3.05, 3.63) is 60.2 Å². The minimum atomic E-state index is 0.535. The molecule has 0 amide bonds. The molecule has 0 radical (unpaired) electrons. The first-order chi connectivity index (χ1) is 9.63. The van der Waals surface area contributed by atoms with Gasteiger partial charge in [-0.15, -0.1) is 0 Å². The van der Waals surface area contributed by atoms with Crippen molar-refractivity contribution in [2.75, 3.05) is 5.73 Å². The molecule has 0 bridgehead atoms. The van der Waals surface area contributed by atoms with Gasteiger partial charge in [-0.05, 0) is 41.8 Å². The zero-order valence-electron chi connectivity index (χ0n) is 11.8. The van der Waals surface area contributed by atoms with E-state index in [9.17, 15) is 0 Å². The molecular weight excluding hydrogens is 244 g/mol. The van der Waals surface area contributed by atoms with Crippen LogP contribution in [0.1, 0.15) is 25.3 Å². The van der Waals surface area contributed by atoms with Crippen molar-refractivity contribution < 1.29 is 0 Å². The van der Waals surface area contributed by atoms with E-state index in [0.717, 1.165) is 22.5 Å². The highest BCUT2D eigenvalue weighted by atomic mass is 14.7. The molecule has 3 rings (SSSR count). The fraction of sp³-hybridized carbons (Fsp3) is 0.167. The number of benzene rings is 2. The molecule has 0 aliphatic carbocycles. The van der Waals surface area contributed by atoms with Crippen LogP contribution in [0.4, 0.5) is 5.69 Å². The summed E-state index contributed by atoms with van der Waals surface area (Å²) in [5, 5.41) is 1.18. The number of hydrogen-bond donors (Lipinski definition) is 1. The van der Waals surface area contributed by atoms with E-state index in [1.54, 1.807) is 0 Å². The van der Waals surface area contributed by atoms with Crippen LogP contribution in [0.3, 0.4) is 0 Å². The van der Waals surface area contributed by atoms with E-state index < -0.39 is 0 Å². The van der Waals surface area contributed by atoms with Crippen molar-refractivity contribution in [1.29, 1.82) is 0 Å². The highest BCUT2D eigenvalue weighted by Gasteiger charge is 2.04. The van der Waals surface area contributed by atoms with Gasteiger partial charge in [-0.1, -0.05) is 38.1 Å². The largest absolute Gasteiger partial charge is 0.399 e. The Bertz CT molecular complexity index is 760. The molecule has 20 heavy (non-hydrogen) atoms. The second kappa shape index (κ2) is 4.97. The van der Waals surface area contributed by atoms with E-state index in [1.807, 2.05) is 24.3 Å². The third kappa shape index (κ3) is 2.37. The average Bonchev–Trinajstić information content (AvgIpc) is 2.46. The van der Waals surface area contributed by atoms with E-state index in [1.165, 1.54) is 10.9 Å². The maximum atomic E-state index is 5.83. The zero-order chi connectivity index (χ0) is 14.1. The van der Waals surface area contributed by atoms with Crippen LogP contribution in [0, 0.1) is 0 Å². The van der Waals surface area contributed by atoms with Crippen LogP contribution in [0.15, 0.2) is 54.6 Å². The molecule has 0 aliphatic rings. The van der Waals surface area contributed by atoms with Gasteiger partial charge in [0.1, 0.15) is 0 Å². The highest BCUT2D eigenvalue weighted by Crippen LogP contribution is 2.25. The molecular formula is C18H18N2. The summed E-state index contributed by atoms with van der Waals surface area (Å²) in [4.78, 5) is 4.73. The van der Waals surface area contributed by atoms with Crippen molar-refractivity contribution in [1.82, 2.24) is 4.98 Å². The predicted molar refractivity (Wildman–Crippen MR) is 85.7 cm³/mol. The Morgan fingerprint density at radius 3 is 2.55 bits per heavy atom. The van der Waals surface area contributed by atoms with Gasteiger partial charge >= 0.3 is 0 Å². The van der Waals surface area contributed by atoms with Crippen molar-refractivity contribution in [3.8, 4) is 11.3 Å².